The van der Waals surface area contributed by atoms with E-state index in [1.54, 1.807) is 37.3 Å². The maximum atomic E-state index is 12.8. The Labute approximate surface area is 169 Å². The second-order valence-corrected chi connectivity index (χ2v) is 6.60. The maximum Gasteiger partial charge on any atom is 0.417 e. The average Bonchev–Trinajstić information content (AvgIpc) is 2.66. The summed E-state index contributed by atoms with van der Waals surface area (Å²) in [4.78, 5) is 11.5. The molecule has 0 heterocycles. The van der Waals surface area contributed by atoms with E-state index in [1.807, 2.05) is 6.07 Å². The summed E-state index contributed by atoms with van der Waals surface area (Å²) in [5.74, 6) is 0.548. The van der Waals surface area contributed by atoms with E-state index in [9.17, 15) is 18.0 Å². The molecule has 0 amide bonds. The topological polar surface area (TPSA) is 44.8 Å². The molecule has 0 bridgehead atoms. The zero-order chi connectivity index (χ0) is 21.2. The van der Waals surface area contributed by atoms with Crippen LogP contribution >= 0.6 is 11.6 Å². The third kappa shape index (κ3) is 4.92. The number of halogens is 4. The molecule has 152 valence electrons. The van der Waals surface area contributed by atoms with Gasteiger partial charge in [-0.15, -0.1) is 0 Å². The summed E-state index contributed by atoms with van der Waals surface area (Å²) in [5.41, 5.74) is -0.924. The van der Waals surface area contributed by atoms with Crippen molar-refractivity contribution in [1.29, 1.82) is 0 Å². The van der Waals surface area contributed by atoms with Crippen molar-refractivity contribution in [2.45, 2.75) is 19.2 Å². The maximum absolute atomic E-state index is 12.8. The van der Waals surface area contributed by atoms with E-state index in [0.29, 0.717) is 11.5 Å². The van der Waals surface area contributed by atoms with Crippen molar-refractivity contribution < 1.29 is 32.2 Å². The molecule has 0 saturated carbocycles. The molecule has 8 heteroatoms. The van der Waals surface area contributed by atoms with Crippen LogP contribution in [0, 0.1) is 0 Å². The van der Waals surface area contributed by atoms with Crippen molar-refractivity contribution in [3.8, 4) is 17.2 Å². The molecule has 0 N–H and O–H groups in total. The molecule has 0 aliphatic heterocycles. The number of carbonyl (C=O) groups excluding carboxylic acids is 1. The van der Waals surface area contributed by atoms with E-state index in [-0.39, 0.29) is 5.75 Å². The van der Waals surface area contributed by atoms with E-state index in [2.05, 4.69) is 4.74 Å². The van der Waals surface area contributed by atoms with Gasteiger partial charge in [0.2, 0.25) is 0 Å². The van der Waals surface area contributed by atoms with E-state index >= 15 is 0 Å². The van der Waals surface area contributed by atoms with Crippen LogP contribution in [0.4, 0.5) is 13.2 Å². The molecule has 0 aliphatic carbocycles. The monoisotopic (exact) mass is 424 g/mol. The van der Waals surface area contributed by atoms with Gasteiger partial charge in [0.15, 0.2) is 6.10 Å². The number of benzene rings is 3. The first-order valence-corrected chi connectivity index (χ1v) is 8.88. The van der Waals surface area contributed by atoms with Gasteiger partial charge >= 0.3 is 12.1 Å². The van der Waals surface area contributed by atoms with E-state index in [1.165, 1.54) is 13.2 Å². The summed E-state index contributed by atoms with van der Waals surface area (Å²) in [6.45, 7) is 1.57. The van der Waals surface area contributed by atoms with Crippen LogP contribution in [0.25, 0.3) is 10.8 Å². The van der Waals surface area contributed by atoms with Gasteiger partial charge in [0.05, 0.1) is 17.7 Å². The third-order valence-corrected chi connectivity index (χ3v) is 4.42. The molecule has 29 heavy (non-hydrogen) atoms. The highest BCUT2D eigenvalue weighted by Gasteiger charge is 2.33. The molecule has 0 radical (unpaired) electrons. The minimum atomic E-state index is -4.53. The second kappa shape index (κ2) is 8.21. The summed E-state index contributed by atoms with van der Waals surface area (Å²) in [6, 6.07) is 13.6. The molecule has 3 rings (SSSR count). The second-order valence-electron chi connectivity index (χ2n) is 6.20. The third-order valence-electron chi connectivity index (χ3n) is 4.11. The highest BCUT2D eigenvalue weighted by Crippen LogP contribution is 2.37. The molecule has 0 aliphatic rings. The lowest BCUT2D eigenvalue weighted by molar-refractivity contribution is -0.147. The van der Waals surface area contributed by atoms with Crippen LogP contribution in [0.1, 0.15) is 12.5 Å². The van der Waals surface area contributed by atoms with Crippen molar-refractivity contribution in [3.05, 3.63) is 65.2 Å². The fourth-order valence-electron chi connectivity index (χ4n) is 2.68. The van der Waals surface area contributed by atoms with Gasteiger partial charge in [-0.3, -0.25) is 0 Å². The van der Waals surface area contributed by atoms with Crippen molar-refractivity contribution in [2.24, 2.45) is 0 Å². The molecule has 0 fully saturated rings. The van der Waals surface area contributed by atoms with Crippen LogP contribution in [0.2, 0.25) is 5.02 Å². The van der Waals surface area contributed by atoms with E-state index < -0.39 is 28.8 Å². The van der Waals surface area contributed by atoms with Crippen LogP contribution in [0.15, 0.2) is 54.6 Å². The van der Waals surface area contributed by atoms with Crippen LogP contribution in [-0.4, -0.2) is 19.2 Å². The average molecular weight is 425 g/mol. The molecule has 0 aromatic heterocycles. The van der Waals surface area contributed by atoms with E-state index in [0.717, 1.165) is 22.9 Å². The fraction of sp³-hybridized carbons (Fsp3) is 0.190. The van der Waals surface area contributed by atoms with Gasteiger partial charge in [-0.1, -0.05) is 23.7 Å². The quantitative estimate of drug-likeness (QED) is 0.454. The molecule has 0 unspecified atom stereocenters. The van der Waals surface area contributed by atoms with Gasteiger partial charge in [0.25, 0.3) is 0 Å². The van der Waals surface area contributed by atoms with E-state index in [4.69, 9.17) is 21.1 Å². The molecule has 3 aromatic rings. The van der Waals surface area contributed by atoms with Crippen molar-refractivity contribution in [3.63, 3.8) is 0 Å². The Morgan fingerprint density at radius 3 is 2.14 bits per heavy atom. The zero-order valence-corrected chi connectivity index (χ0v) is 16.2. The number of hydrogen-bond donors (Lipinski definition) is 0. The molecule has 0 spiro atoms. The van der Waals surface area contributed by atoms with Gasteiger partial charge in [-0.05, 0) is 54.1 Å². The van der Waals surface area contributed by atoms with Crippen LogP contribution in [0.3, 0.4) is 0 Å². The summed E-state index contributed by atoms with van der Waals surface area (Å²) >= 11 is 5.73. The van der Waals surface area contributed by atoms with Gasteiger partial charge in [-0.2, -0.15) is 13.2 Å². The number of ether oxygens (including phenoxy) is 3. The molecular formula is C21H16ClF3O4. The highest BCUT2D eigenvalue weighted by molar-refractivity contribution is 6.31. The minimum Gasteiger partial charge on any atom is -0.479 e. The summed E-state index contributed by atoms with van der Waals surface area (Å²) < 4.78 is 54.3. The highest BCUT2D eigenvalue weighted by atomic mass is 35.5. The number of fused-ring (bicyclic) bond motifs is 1. The molecule has 0 saturated heterocycles. The molecule has 4 nitrogen and oxygen atoms in total. The van der Waals surface area contributed by atoms with Crippen molar-refractivity contribution in [2.75, 3.05) is 7.11 Å². The standard InChI is InChI=1S/C21H16ClF3O4/c1-12(20(26)27-2)28-15-5-3-13-4-6-16(10-14(13)9-15)29-17-7-8-18(19(22)11-17)21(23,24)25/h3-12H,1-2H3/t12-/m1/s1. The Bertz CT molecular complexity index is 1050. The van der Waals surface area contributed by atoms with Gasteiger partial charge < -0.3 is 14.2 Å². The number of esters is 1. The number of alkyl halides is 3. The van der Waals surface area contributed by atoms with Gasteiger partial charge in [-0.25, -0.2) is 4.79 Å². The number of carbonyl (C=O) groups is 1. The number of hydrogen-bond acceptors (Lipinski definition) is 4. The Kier molecular flexibility index (Phi) is 5.88. The lowest BCUT2D eigenvalue weighted by Gasteiger charge is -2.13. The smallest absolute Gasteiger partial charge is 0.417 e. The lowest BCUT2D eigenvalue weighted by Crippen LogP contribution is -2.24. The SMILES string of the molecule is COC(=O)[C@@H](C)Oc1ccc2ccc(Oc3ccc(C(F)(F)F)c(Cl)c3)cc2c1. The predicted octanol–water partition coefficient (Wildman–Crippen LogP) is 6.24. The Balaban J connectivity index is 1.83. The Morgan fingerprint density at radius 2 is 1.52 bits per heavy atom. The first kappa shape index (κ1) is 20.8. The Morgan fingerprint density at radius 1 is 0.931 bits per heavy atom. The summed E-state index contributed by atoms with van der Waals surface area (Å²) in [7, 11) is 1.28. The van der Waals surface area contributed by atoms with Crippen molar-refractivity contribution >= 4 is 28.3 Å². The Hall–Kier alpha value is -2.93. The molecular weight excluding hydrogens is 409 g/mol. The fourth-order valence-corrected chi connectivity index (χ4v) is 2.96. The van der Waals surface area contributed by atoms with Crippen LogP contribution in [0.5, 0.6) is 17.2 Å². The largest absolute Gasteiger partial charge is 0.479 e. The van der Waals surface area contributed by atoms with Crippen molar-refractivity contribution in [1.82, 2.24) is 0 Å². The molecule has 3 aromatic carbocycles. The zero-order valence-electron chi connectivity index (χ0n) is 15.4. The van der Waals surface area contributed by atoms with Gasteiger partial charge in [0, 0.05) is 6.07 Å². The number of rotatable bonds is 5. The number of methoxy groups -OCH3 is 1. The predicted molar refractivity (Wildman–Crippen MR) is 103 cm³/mol. The van der Waals surface area contributed by atoms with Gasteiger partial charge in [0.1, 0.15) is 17.2 Å². The molecule has 1 atom stereocenters. The lowest BCUT2D eigenvalue weighted by atomic mass is 10.1. The minimum absolute atomic E-state index is 0.175. The summed E-state index contributed by atoms with van der Waals surface area (Å²) in [6.07, 6.45) is -5.30. The first-order valence-electron chi connectivity index (χ1n) is 8.50. The summed E-state index contributed by atoms with van der Waals surface area (Å²) in [5, 5.41) is 1.21. The normalized spacial score (nSPS) is 12.5. The van der Waals surface area contributed by atoms with Crippen LogP contribution < -0.4 is 9.47 Å². The van der Waals surface area contributed by atoms with Crippen LogP contribution in [-0.2, 0) is 15.7 Å². The first-order chi connectivity index (χ1) is 13.7.